The molecule has 0 aliphatic rings. The van der Waals surface area contributed by atoms with Crippen molar-refractivity contribution in [3.05, 3.63) is 82.0 Å². The molecule has 0 aliphatic heterocycles. The van der Waals surface area contributed by atoms with Gasteiger partial charge in [0.05, 0.1) is 11.6 Å². The monoisotopic (exact) mass is 461 g/mol. The summed E-state index contributed by atoms with van der Waals surface area (Å²) >= 11 is 0. The van der Waals surface area contributed by atoms with Crippen molar-refractivity contribution in [3.8, 4) is 17.6 Å². The summed E-state index contributed by atoms with van der Waals surface area (Å²) in [6.45, 7) is 6.64. The second-order valence-corrected chi connectivity index (χ2v) is 8.20. The number of rotatable bonds is 13. The fraction of sp³-hybridized carbons (Fsp3) is 0.345. The summed E-state index contributed by atoms with van der Waals surface area (Å²) in [5.41, 5.74) is 5.94. The van der Waals surface area contributed by atoms with Gasteiger partial charge in [-0.3, -0.25) is 0 Å². The Morgan fingerprint density at radius 2 is 1.56 bits per heavy atom. The molecule has 0 aliphatic carbocycles. The van der Waals surface area contributed by atoms with Crippen molar-refractivity contribution in [2.45, 2.75) is 40.0 Å². The van der Waals surface area contributed by atoms with Gasteiger partial charge in [0.25, 0.3) is 0 Å². The molecule has 0 atom stereocenters. The normalized spacial score (nSPS) is 11.4. The Balaban J connectivity index is 2.40. The third-order valence-electron chi connectivity index (χ3n) is 5.14. The predicted octanol–water partition coefficient (Wildman–Crippen LogP) is 6.93. The lowest BCUT2D eigenvalue weighted by atomic mass is 10.0. The summed E-state index contributed by atoms with van der Waals surface area (Å²) in [4.78, 5) is 0. The Labute approximate surface area is 203 Å². The minimum atomic E-state index is 0.129. The van der Waals surface area contributed by atoms with E-state index in [0.29, 0.717) is 23.5 Å². The van der Waals surface area contributed by atoms with Gasteiger partial charge < -0.3 is 18.9 Å². The molecule has 2 rings (SSSR count). The Bertz CT molecular complexity index is 1030. The lowest BCUT2D eigenvalue weighted by Crippen LogP contribution is -2.06. The molecule has 0 unspecified atom stereocenters. The van der Waals surface area contributed by atoms with E-state index in [9.17, 15) is 5.26 Å². The molecular formula is C29H35NO4. The van der Waals surface area contributed by atoms with E-state index in [4.69, 9.17) is 18.9 Å². The highest BCUT2D eigenvalue weighted by Gasteiger charge is 2.13. The zero-order valence-corrected chi connectivity index (χ0v) is 20.9. The highest BCUT2D eigenvalue weighted by Crippen LogP contribution is 2.33. The predicted molar refractivity (Wildman–Crippen MR) is 138 cm³/mol. The number of nitriles is 1. The summed E-state index contributed by atoms with van der Waals surface area (Å²) in [7, 11) is 3.19. The van der Waals surface area contributed by atoms with Crippen LogP contribution in [0.15, 0.2) is 59.7 Å². The smallest absolute Gasteiger partial charge is 0.188 e. The van der Waals surface area contributed by atoms with Crippen molar-refractivity contribution in [1.29, 1.82) is 5.26 Å². The SMILES string of the molecule is COCOc1cc(C=Cc2ccccc2C#N)cc(OCOC)c1CC=C(C)CCC=C(C)C. The van der Waals surface area contributed by atoms with E-state index < -0.39 is 0 Å². The minimum Gasteiger partial charge on any atom is -0.467 e. The van der Waals surface area contributed by atoms with Gasteiger partial charge in [-0.1, -0.05) is 53.6 Å². The number of benzene rings is 2. The maximum Gasteiger partial charge on any atom is 0.188 e. The van der Waals surface area contributed by atoms with Gasteiger partial charge in [0.1, 0.15) is 11.5 Å². The quantitative estimate of drug-likeness (QED) is 0.184. The number of ether oxygens (including phenoxy) is 4. The van der Waals surface area contributed by atoms with Crippen LogP contribution in [0.2, 0.25) is 0 Å². The topological polar surface area (TPSA) is 60.7 Å². The van der Waals surface area contributed by atoms with Gasteiger partial charge in [0.2, 0.25) is 0 Å². The average molecular weight is 462 g/mol. The van der Waals surface area contributed by atoms with E-state index in [1.807, 2.05) is 42.5 Å². The number of nitrogens with zero attached hydrogens (tertiary/aromatic N) is 1. The van der Waals surface area contributed by atoms with Crippen LogP contribution in [0.5, 0.6) is 11.5 Å². The van der Waals surface area contributed by atoms with Crippen LogP contribution in [0.25, 0.3) is 12.2 Å². The van der Waals surface area contributed by atoms with Gasteiger partial charge in [0.15, 0.2) is 13.6 Å². The van der Waals surface area contributed by atoms with Crippen LogP contribution >= 0.6 is 0 Å². The molecule has 0 bridgehead atoms. The lowest BCUT2D eigenvalue weighted by molar-refractivity contribution is 0.0448. The molecule has 0 saturated carbocycles. The van der Waals surface area contributed by atoms with Crippen molar-refractivity contribution in [1.82, 2.24) is 0 Å². The van der Waals surface area contributed by atoms with Crippen LogP contribution in [0.4, 0.5) is 0 Å². The molecule has 5 nitrogen and oxygen atoms in total. The number of hydrogen-bond donors (Lipinski definition) is 0. The molecule has 2 aromatic rings. The first-order valence-corrected chi connectivity index (χ1v) is 11.3. The summed E-state index contributed by atoms with van der Waals surface area (Å²) in [6.07, 6.45) is 11.0. The lowest BCUT2D eigenvalue weighted by Gasteiger charge is -2.16. The summed E-state index contributed by atoms with van der Waals surface area (Å²) in [5.74, 6) is 1.38. The largest absolute Gasteiger partial charge is 0.467 e. The molecular weight excluding hydrogens is 426 g/mol. The maximum absolute atomic E-state index is 9.36. The van der Waals surface area contributed by atoms with Crippen molar-refractivity contribution >= 4 is 12.2 Å². The first kappa shape index (κ1) is 26.9. The molecule has 180 valence electrons. The average Bonchev–Trinajstić information content (AvgIpc) is 2.83. The first-order valence-electron chi connectivity index (χ1n) is 11.3. The first-order chi connectivity index (χ1) is 16.5. The Kier molecular flexibility index (Phi) is 11.7. The van der Waals surface area contributed by atoms with Crippen molar-refractivity contribution in [2.24, 2.45) is 0 Å². The van der Waals surface area contributed by atoms with E-state index in [0.717, 1.165) is 29.5 Å². The van der Waals surface area contributed by atoms with Gasteiger partial charge in [-0.15, -0.1) is 0 Å². The fourth-order valence-corrected chi connectivity index (χ4v) is 3.34. The van der Waals surface area contributed by atoms with Crippen LogP contribution in [0.3, 0.4) is 0 Å². The van der Waals surface area contributed by atoms with Gasteiger partial charge in [0, 0.05) is 19.8 Å². The molecule has 0 aromatic heterocycles. The maximum atomic E-state index is 9.36. The zero-order valence-electron chi connectivity index (χ0n) is 20.9. The van der Waals surface area contributed by atoms with E-state index in [-0.39, 0.29) is 13.6 Å². The second kappa shape index (κ2) is 14.7. The standard InChI is InChI=1S/C29H35NO4/c1-22(2)9-8-10-23(3)13-16-27-28(33-20-31-4)17-24(18-29(27)34-21-32-5)14-15-25-11-6-7-12-26(25)19-30/h6-7,9,11-15,17-18H,8,10,16,20-21H2,1-5H3. The van der Waals surface area contributed by atoms with Crippen molar-refractivity contribution in [3.63, 3.8) is 0 Å². The second-order valence-electron chi connectivity index (χ2n) is 8.20. The van der Waals surface area contributed by atoms with Gasteiger partial charge in [-0.05, 0) is 69.4 Å². The zero-order chi connectivity index (χ0) is 24.8. The molecule has 2 aromatic carbocycles. The number of methoxy groups -OCH3 is 2. The number of hydrogen-bond acceptors (Lipinski definition) is 5. The molecule has 0 amide bonds. The third-order valence-corrected chi connectivity index (χ3v) is 5.14. The van der Waals surface area contributed by atoms with Crippen LogP contribution in [0, 0.1) is 11.3 Å². The molecule has 0 radical (unpaired) electrons. The third kappa shape index (κ3) is 8.90. The molecule has 0 spiro atoms. The Morgan fingerprint density at radius 3 is 2.15 bits per heavy atom. The molecule has 0 heterocycles. The van der Waals surface area contributed by atoms with Gasteiger partial charge >= 0.3 is 0 Å². The van der Waals surface area contributed by atoms with Gasteiger partial charge in [-0.25, -0.2) is 0 Å². The Morgan fingerprint density at radius 1 is 0.912 bits per heavy atom. The highest BCUT2D eigenvalue weighted by atomic mass is 16.7. The van der Waals surface area contributed by atoms with E-state index in [2.05, 4.69) is 39.0 Å². The molecule has 5 heteroatoms. The summed E-state index contributed by atoms with van der Waals surface area (Å²) < 4.78 is 22.2. The minimum absolute atomic E-state index is 0.129. The highest BCUT2D eigenvalue weighted by molar-refractivity contribution is 5.74. The molecule has 0 saturated heterocycles. The van der Waals surface area contributed by atoms with E-state index >= 15 is 0 Å². The summed E-state index contributed by atoms with van der Waals surface area (Å²) in [6, 6.07) is 13.6. The fourth-order valence-electron chi connectivity index (χ4n) is 3.34. The van der Waals surface area contributed by atoms with Crippen LogP contribution in [0.1, 0.15) is 55.9 Å². The molecule has 0 fully saturated rings. The number of allylic oxidation sites excluding steroid dienone is 4. The van der Waals surface area contributed by atoms with Crippen LogP contribution < -0.4 is 9.47 Å². The van der Waals surface area contributed by atoms with Crippen molar-refractivity contribution in [2.75, 3.05) is 27.8 Å². The van der Waals surface area contributed by atoms with Crippen LogP contribution in [-0.2, 0) is 15.9 Å². The summed E-state index contributed by atoms with van der Waals surface area (Å²) in [5, 5.41) is 9.36. The Hall–Kier alpha value is -3.33. The molecule has 0 N–H and O–H groups in total. The van der Waals surface area contributed by atoms with Crippen molar-refractivity contribution < 1.29 is 18.9 Å². The van der Waals surface area contributed by atoms with Crippen LogP contribution in [-0.4, -0.2) is 27.8 Å². The van der Waals surface area contributed by atoms with E-state index in [1.54, 1.807) is 20.3 Å². The molecule has 34 heavy (non-hydrogen) atoms. The van der Waals surface area contributed by atoms with Gasteiger partial charge in [-0.2, -0.15) is 5.26 Å². The van der Waals surface area contributed by atoms with E-state index in [1.165, 1.54) is 11.1 Å².